The molecule has 0 saturated carbocycles. The van der Waals surface area contributed by atoms with Gasteiger partial charge in [-0.15, -0.1) is 0 Å². The van der Waals surface area contributed by atoms with Gasteiger partial charge in [-0.05, 0) is 24.1 Å². The van der Waals surface area contributed by atoms with Crippen LogP contribution < -0.4 is 0 Å². The first-order valence-electron chi connectivity index (χ1n) is 3.75. The monoisotopic (exact) mass is 179 g/mol. The van der Waals surface area contributed by atoms with Crippen LogP contribution in [0.1, 0.15) is 11.1 Å². The normalized spacial score (nSPS) is 14.4. The number of rotatable bonds is 0. The van der Waals surface area contributed by atoms with Gasteiger partial charge in [-0.25, -0.2) is 0 Å². The highest BCUT2D eigenvalue weighted by Gasteiger charge is 2.11. The minimum atomic E-state index is 0.376. The van der Waals surface area contributed by atoms with Crippen LogP contribution >= 0.6 is 11.8 Å². The van der Waals surface area contributed by atoms with E-state index in [0.29, 0.717) is 12.3 Å². The second-order valence-corrected chi connectivity index (χ2v) is 3.69. The highest BCUT2D eigenvalue weighted by atomic mass is 32.2. The summed E-state index contributed by atoms with van der Waals surface area (Å²) in [5.41, 5.74) is 3.99. The third-order valence-electron chi connectivity index (χ3n) is 1.80. The smallest absolute Gasteiger partial charge is 0.130 e. The number of aryl methyl sites for hydroxylation is 1. The fourth-order valence-electron chi connectivity index (χ4n) is 1.31. The van der Waals surface area contributed by atoms with E-state index in [1.165, 1.54) is 11.8 Å². The van der Waals surface area contributed by atoms with Crippen LogP contribution in [-0.4, -0.2) is 10.7 Å². The summed E-state index contributed by atoms with van der Waals surface area (Å²) in [6, 6.07) is 3.85. The van der Waals surface area contributed by atoms with Crippen LogP contribution in [0, 0.1) is 6.92 Å². The molecule has 0 spiro atoms. The lowest BCUT2D eigenvalue weighted by Crippen LogP contribution is -1.93. The topological polar surface area (TPSA) is 32.6 Å². The zero-order valence-electron chi connectivity index (χ0n) is 6.74. The molecule has 12 heavy (non-hydrogen) atoms. The van der Waals surface area contributed by atoms with Crippen LogP contribution in [0.5, 0.6) is 5.75 Å². The van der Waals surface area contributed by atoms with E-state index in [1.54, 1.807) is 11.6 Å². The van der Waals surface area contributed by atoms with Gasteiger partial charge in [-0.3, -0.25) is 4.99 Å². The van der Waals surface area contributed by atoms with Crippen molar-refractivity contribution in [3.05, 3.63) is 23.3 Å². The molecule has 0 fully saturated rings. The number of aliphatic imine (C=N–C) groups is 1. The number of aromatic hydroxyl groups is 1. The Morgan fingerprint density at radius 1 is 1.50 bits per heavy atom. The summed E-state index contributed by atoms with van der Waals surface area (Å²) in [7, 11) is 0. The van der Waals surface area contributed by atoms with Crippen molar-refractivity contribution >= 4 is 17.3 Å². The molecule has 1 aromatic rings. The molecule has 1 heterocycles. The summed E-state index contributed by atoms with van der Waals surface area (Å²) in [6.45, 7) is 2.67. The van der Waals surface area contributed by atoms with Crippen LogP contribution in [-0.2, 0) is 6.54 Å². The van der Waals surface area contributed by atoms with Crippen molar-refractivity contribution in [3.63, 3.8) is 0 Å². The molecule has 0 unspecified atom stereocenters. The van der Waals surface area contributed by atoms with Gasteiger partial charge >= 0.3 is 0 Å². The summed E-state index contributed by atoms with van der Waals surface area (Å²) in [4.78, 5) is 5.08. The van der Waals surface area contributed by atoms with Crippen molar-refractivity contribution in [2.24, 2.45) is 4.99 Å². The fourth-order valence-corrected chi connectivity index (χ4v) is 2.02. The predicted octanol–water partition coefficient (Wildman–Crippen LogP) is 2.33. The number of benzene rings is 1. The van der Waals surface area contributed by atoms with Gasteiger partial charge in [-0.1, -0.05) is 17.8 Å². The molecule has 0 bridgehead atoms. The van der Waals surface area contributed by atoms with E-state index < -0.39 is 0 Å². The Balaban J connectivity index is 2.57. The van der Waals surface area contributed by atoms with Crippen LogP contribution in [0.4, 0.5) is 0 Å². The molecule has 0 aromatic heterocycles. The number of fused-ring (bicyclic) bond motifs is 1. The summed E-state index contributed by atoms with van der Waals surface area (Å²) in [5.74, 6) is 0.376. The first kappa shape index (κ1) is 7.68. The van der Waals surface area contributed by atoms with E-state index >= 15 is 0 Å². The lowest BCUT2D eigenvalue weighted by atomic mass is 10.1. The molecular weight excluding hydrogens is 170 g/mol. The maximum Gasteiger partial charge on any atom is 0.130 e. The van der Waals surface area contributed by atoms with Gasteiger partial charge in [-0.2, -0.15) is 0 Å². The minimum Gasteiger partial charge on any atom is -0.507 e. The van der Waals surface area contributed by atoms with Gasteiger partial charge in [0.2, 0.25) is 0 Å². The van der Waals surface area contributed by atoms with Crippen molar-refractivity contribution in [2.45, 2.75) is 18.4 Å². The molecule has 2 rings (SSSR count). The van der Waals surface area contributed by atoms with E-state index in [1.807, 2.05) is 6.92 Å². The minimum absolute atomic E-state index is 0.376. The third-order valence-corrected chi connectivity index (χ3v) is 2.76. The van der Waals surface area contributed by atoms with Crippen molar-refractivity contribution in [1.82, 2.24) is 0 Å². The number of nitrogens with zero attached hydrogens (tertiary/aromatic N) is 1. The molecule has 1 N–H and O–H groups in total. The summed E-state index contributed by atoms with van der Waals surface area (Å²) < 4.78 is 0. The summed E-state index contributed by atoms with van der Waals surface area (Å²) in [5, 5.41) is 9.55. The molecule has 0 atom stereocenters. The van der Waals surface area contributed by atoms with Crippen molar-refractivity contribution in [2.75, 3.05) is 0 Å². The first-order valence-corrected chi connectivity index (χ1v) is 4.63. The zero-order chi connectivity index (χ0) is 8.55. The van der Waals surface area contributed by atoms with Gasteiger partial charge < -0.3 is 5.11 Å². The number of hydrogen-bond donors (Lipinski definition) is 1. The lowest BCUT2D eigenvalue weighted by molar-refractivity contribution is 0.460. The maximum absolute atomic E-state index is 9.55. The second kappa shape index (κ2) is 2.83. The summed E-state index contributed by atoms with van der Waals surface area (Å²) in [6.07, 6.45) is 0. The highest BCUT2D eigenvalue weighted by Crippen LogP contribution is 2.34. The molecule has 0 radical (unpaired) electrons. The Morgan fingerprint density at radius 2 is 2.33 bits per heavy atom. The van der Waals surface area contributed by atoms with Gasteiger partial charge in [0.1, 0.15) is 5.75 Å². The Kier molecular flexibility index (Phi) is 1.81. The number of phenols is 1. The van der Waals surface area contributed by atoms with Gasteiger partial charge in [0.05, 0.1) is 17.0 Å². The summed E-state index contributed by atoms with van der Waals surface area (Å²) >= 11 is 1.48. The molecule has 0 amide bonds. The first-order chi connectivity index (χ1) is 5.77. The molecule has 62 valence electrons. The van der Waals surface area contributed by atoms with E-state index in [-0.39, 0.29) is 0 Å². The van der Waals surface area contributed by atoms with E-state index in [4.69, 9.17) is 0 Å². The molecule has 1 aromatic carbocycles. The van der Waals surface area contributed by atoms with Crippen LogP contribution in [0.2, 0.25) is 0 Å². The lowest BCUT2D eigenvalue weighted by Gasteiger charge is -2.11. The van der Waals surface area contributed by atoms with E-state index in [9.17, 15) is 5.11 Å². The Hall–Kier alpha value is -0.960. The maximum atomic E-state index is 9.55. The number of hydrogen-bond acceptors (Lipinski definition) is 3. The third kappa shape index (κ3) is 1.20. The second-order valence-electron chi connectivity index (χ2n) is 2.84. The Bertz CT molecular complexity index is 347. The molecule has 0 aliphatic carbocycles. The zero-order valence-corrected chi connectivity index (χ0v) is 7.56. The quantitative estimate of drug-likeness (QED) is 0.663. The molecule has 1 aliphatic heterocycles. The predicted molar refractivity (Wildman–Crippen MR) is 50.9 cm³/mol. The average molecular weight is 179 g/mol. The number of phenolic OH excluding ortho intramolecular Hbond substituents is 1. The van der Waals surface area contributed by atoms with E-state index in [2.05, 4.69) is 11.1 Å². The fraction of sp³-hybridized carbons (Fsp3) is 0.222. The van der Waals surface area contributed by atoms with Crippen molar-refractivity contribution in [1.29, 1.82) is 0 Å². The molecular formula is C9H9NOS. The van der Waals surface area contributed by atoms with E-state index in [0.717, 1.165) is 16.0 Å². The molecule has 2 nitrogen and oxygen atoms in total. The van der Waals surface area contributed by atoms with Crippen molar-refractivity contribution in [3.8, 4) is 5.75 Å². The molecule has 3 heteroatoms. The van der Waals surface area contributed by atoms with Crippen LogP contribution in [0.15, 0.2) is 22.0 Å². The van der Waals surface area contributed by atoms with Gasteiger partial charge in [0.15, 0.2) is 0 Å². The SMILES string of the molecule is Cc1cc(O)c2c(c1)CN=CS2. The van der Waals surface area contributed by atoms with Gasteiger partial charge in [0, 0.05) is 0 Å². The van der Waals surface area contributed by atoms with Gasteiger partial charge in [0.25, 0.3) is 0 Å². The Labute approximate surface area is 75.3 Å². The number of thioether (sulfide) groups is 1. The largest absolute Gasteiger partial charge is 0.507 e. The standard InChI is InChI=1S/C9H9NOS/c1-6-2-7-4-10-5-12-9(7)8(11)3-6/h2-3,5,11H,4H2,1H3. The van der Waals surface area contributed by atoms with Crippen LogP contribution in [0.3, 0.4) is 0 Å². The molecule has 1 aliphatic rings. The van der Waals surface area contributed by atoms with Crippen molar-refractivity contribution < 1.29 is 5.11 Å². The highest BCUT2D eigenvalue weighted by molar-refractivity contribution is 8.12. The molecule has 0 saturated heterocycles. The van der Waals surface area contributed by atoms with Crippen LogP contribution in [0.25, 0.3) is 0 Å². The average Bonchev–Trinajstić information content (AvgIpc) is 2.04. The Morgan fingerprint density at radius 3 is 3.17 bits per heavy atom.